The molecule has 0 heterocycles. The molecule has 1 aromatic carbocycles. The van der Waals surface area contributed by atoms with E-state index in [1.807, 2.05) is 12.1 Å². The van der Waals surface area contributed by atoms with Crippen LogP contribution in [0.5, 0.6) is 0 Å². The first-order valence-corrected chi connectivity index (χ1v) is 3.63. The first-order valence-electron chi connectivity index (χ1n) is 3.63. The summed E-state index contributed by atoms with van der Waals surface area (Å²) in [7, 11) is 0. The zero-order valence-corrected chi connectivity index (χ0v) is 7.03. The highest BCUT2D eigenvalue weighted by Crippen LogP contribution is 2.15. The molecule has 0 amide bonds. The number of nitrogens with zero attached hydrogens (tertiary/aromatic N) is 2. The maximum absolute atomic E-state index is 10.5. The Morgan fingerprint density at radius 1 is 1.23 bits per heavy atom. The van der Waals surface area contributed by atoms with Crippen molar-refractivity contribution in [3.63, 3.8) is 0 Å². The average molecular weight is 170 g/mol. The second-order valence-corrected chi connectivity index (χ2v) is 2.56. The molecule has 13 heavy (non-hydrogen) atoms. The molecule has 1 rings (SSSR count). The van der Waals surface area contributed by atoms with Crippen LogP contribution in [-0.4, -0.2) is 6.29 Å². The molecule has 0 saturated carbocycles. The van der Waals surface area contributed by atoms with Crippen LogP contribution >= 0.6 is 0 Å². The van der Waals surface area contributed by atoms with Crippen molar-refractivity contribution < 1.29 is 4.79 Å². The van der Waals surface area contributed by atoms with E-state index in [4.69, 9.17) is 10.5 Å². The molecule has 0 N–H and O–H groups in total. The highest BCUT2D eigenvalue weighted by atomic mass is 16.1. The van der Waals surface area contributed by atoms with E-state index in [9.17, 15) is 4.79 Å². The summed E-state index contributed by atoms with van der Waals surface area (Å²) >= 11 is 0. The van der Waals surface area contributed by atoms with Crippen molar-refractivity contribution in [2.24, 2.45) is 0 Å². The van der Waals surface area contributed by atoms with Gasteiger partial charge in [0.1, 0.15) is 12.1 Å². The molecule has 0 aliphatic carbocycles. The van der Waals surface area contributed by atoms with E-state index in [0.717, 1.165) is 0 Å². The maximum Gasteiger partial charge on any atom is 0.151 e. The molecule has 0 aliphatic rings. The Morgan fingerprint density at radius 3 is 2.31 bits per heavy atom. The van der Waals surface area contributed by atoms with Crippen LogP contribution in [0, 0.1) is 29.6 Å². The summed E-state index contributed by atoms with van der Waals surface area (Å²) in [6, 6.07) is 6.96. The number of carbonyl (C=O) groups excluding carboxylic acids is 1. The van der Waals surface area contributed by atoms with Gasteiger partial charge in [0.05, 0.1) is 11.1 Å². The minimum absolute atomic E-state index is 0.164. The predicted molar refractivity (Wildman–Crippen MR) is 46.0 cm³/mol. The molecule has 3 nitrogen and oxygen atoms in total. The lowest BCUT2D eigenvalue weighted by Gasteiger charge is -2.00. The molecule has 0 bridgehead atoms. The van der Waals surface area contributed by atoms with Crippen molar-refractivity contribution in [1.82, 2.24) is 0 Å². The van der Waals surface area contributed by atoms with E-state index in [1.165, 1.54) is 0 Å². The number of hydrogen-bond donors (Lipinski definition) is 0. The summed E-state index contributed by atoms with van der Waals surface area (Å²) in [6.07, 6.45) is 0.582. The van der Waals surface area contributed by atoms with Gasteiger partial charge in [0, 0.05) is 5.56 Å². The highest BCUT2D eigenvalue weighted by Gasteiger charge is 2.09. The monoisotopic (exact) mass is 170 g/mol. The number of benzene rings is 1. The first-order chi connectivity index (χ1) is 6.24. The summed E-state index contributed by atoms with van der Waals surface area (Å²) in [5, 5.41) is 17.5. The smallest absolute Gasteiger partial charge is 0.151 e. The van der Waals surface area contributed by atoms with Crippen LogP contribution in [0.15, 0.2) is 12.1 Å². The molecular formula is C10H6N2O. The zero-order valence-electron chi connectivity index (χ0n) is 7.03. The number of hydrogen-bond acceptors (Lipinski definition) is 3. The molecule has 0 atom stereocenters. The lowest BCUT2D eigenvalue weighted by molar-refractivity contribution is 0.112. The summed E-state index contributed by atoms with van der Waals surface area (Å²) in [5.74, 6) is 0. The summed E-state index contributed by atoms with van der Waals surface area (Å²) in [6.45, 7) is 1.73. The Bertz CT molecular complexity index is 435. The second-order valence-electron chi connectivity index (χ2n) is 2.56. The van der Waals surface area contributed by atoms with Gasteiger partial charge in [-0.3, -0.25) is 4.79 Å². The fourth-order valence-electron chi connectivity index (χ4n) is 1.09. The number of rotatable bonds is 1. The van der Waals surface area contributed by atoms with Crippen LogP contribution < -0.4 is 0 Å². The molecule has 0 fully saturated rings. The van der Waals surface area contributed by atoms with Crippen LogP contribution in [0.4, 0.5) is 0 Å². The van der Waals surface area contributed by atoms with E-state index in [2.05, 4.69) is 0 Å². The van der Waals surface area contributed by atoms with Gasteiger partial charge in [-0.15, -0.1) is 0 Å². The third-order valence-corrected chi connectivity index (χ3v) is 1.80. The van der Waals surface area contributed by atoms with Crippen molar-refractivity contribution in [2.75, 3.05) is 0 Å². The Hall–Kier alpha value is -2.13. The molecule has 0 saturated heterocycles. The van der Waals surface area contributed by atoms with Crippen molar-refractivity contribution in [1.29, 1.82) is 10.5 Å². The molecular weight excluding hydrogens is 164 g/mol. The molecule has 0 radical (unpaired) electrons. The topological polar surface area (TPSA) is 64.7 Å². The Labute approximate surface area is 75.8 Å². The van der Waals surface area contributed by atoms with E-state index >= 15 is 0 Å². The van der Waals surface area contributed by atoms with Gasteiger partial charge in [-0.1, -0.05) is 12.1 Å². The van der Waals surface area contributed by atoms with Gasteiger partial charge in [-0.25, -0.2) is 0 Å². The van der Waals surface area contributed by atoms with Crippen LogP contribution in [-0.2, 0) is 0 Å². The van der Waals surface area contributed by atoms with E-state index < -0.39 is 0 Å². The normalized spacial score (nSPS) is 8.54. The minimum Gasteiger partial charge on any atom is -0.298 e. The highest BCUT2D eigenvalue weighted by molar-refractivity contribution is 5.81. The Morgan fingerprint density at radius 2 is 1.85 bits per heavy atom. The average Bonchev–Trinajstić information content (AvgIpc) is 2.17. The van der Waals surface area contributed by atoms with Crippen LogP contribution in [0.2, 0.25) is 0 Å². The number of nitriles is 2. The second kappa shape index (κ2) is 3.51. The first kappa shape index (κ1) is 8.96. The zero-order chi connectivity index (χ0) is 9.84. The minimum atomic E-state index is 0.164. The van der Waals surface area contributed by atoms with Gasteiger partial charge in [0.15, 0.2) is 6.29 Å². The predicted octanol–water partition coefficient (Wildman–Crippen LogP) is 1.55. The molecule has 0 aromatic heterocycles. The summed E-state index contributed by atoms with van der Waals surface area (Å²) in [5.41, 5.74) is 1.43. The van der Waals surface area contributed by atoms with Crippen LogP contribution in [0.1, 0.15) is 27.0 Å². The number of aldehydes is 1. The molecule has 0 aliphatic heterocycles. The SMILES string of the molecule is Cc1ccc(C=O)c(C#N)c1C#N. The lowest BCUT2D eigenvalue weighted by Crippen LogP contribution is -1.94. The van der Waals surface area contributed by atoms with Crippen LogP contribution in [0.3, 0.4) is 0 Å². The third-order valence-electron chi connectivity index (χ3n) is 1.80. The number of aryl methyl sites for hydroxylation is 1. The standard InChI is InChI=1S/C10H6N2O/c1-7-2-3-8(6-13)10(5-12)9(7)4-11/h2-3,6H,1H3. The Balaban J connectivity index is 3.59. The fourth-order valence-corrected chi connectivity index (χ4v) is 1.09. The number of carbonyl (C=O) groups is 1. The van der Waals surface area contributed by atoms with E-state index in [1.54, 1.807) is 19.1 Å². The molecule has 1 aromatic rings. The summed E-state index contributed by atoms with van der Waals surface area (Å²) in [4.78, 5) is 10.5. The fraction of sp³-hybridized carbons (Fsp3) is 0.100. The van der Waals surface area contributed by atoms with Gasteiger partial charge in [-0.05, 0) is 12.5 Å². The van der Waals surface area contributed by atoms with E-state index in [-0.39, 0.29) is 16.7 Å². The maximum atomic E-state index is 10.5. The van der Waals surface area contributed by atoms with Crippen molar-refractivity contribution >= 4 is 6.29 Å². The molecule has 3 heteroatoms. The molecule has 0 spiro atoms. The summed E-state index contributed by atoms with van der Waals surface area (Å²) < 4.78 is 0. The largest absolute Gasteiger partial charge is 0.298 e. The van der Waals surface area contributed by atoms with E-state index in [0.29, 0.717) is 11.8 Å². The lowest BCUT2D eigenvalue weighted by atomic mass is 9.99. The molecule has 62 valence electrons. The van der Waals surface area contributed by atoms with Gasteiger partial charge >= 0.3 is 0 Å². The van der Waals surface area contributed by atoms with Crippen molar-refractivity contribution in [3.05, 3.63) is 34.4 Å². The van der Waals surface area contributed by atoms with Crippen molar-refractivity contribution in [3.8, 4) is 12.1 Å². The van der Waals surface area contributed by atoms with Gasteiger partial charge in [0.25, 0.3) is 0 Å². The Kier molecular flexibility index (Phi) is 2.42. The molecule has 0 unspecified atom stereocenters. The van der Waals surface area contributed by atoms with Crippen LogP contribution in [0.25, 0.3) is 0 Å². The van der Waals surface area contributed by atoms with Gasteiger partial charge in [0.2, 0.25) is 0 Å². The van der Waals surface area contributed by atoms with Gasteiger partial charge < -0.3 is 0 Å². The van der Waals surface area contributed by atoms with Gasteiger partial charge in [-0.2, -0.15) is 10.5 Å². The third kappa shape index (κ3) is 1.40. The van der Waals surface area contributed by atoms with Crippen molar-refractivity contribution in [2.45, 2.75) is 6.92 Å². The quantitative estimate of drug-likeness (QED) is 0.600.